The molecule has 3 rings (SSSR count). The van der Waals surface area contributed by atoms with Crippen molar-refractivity contribution < 1.29 is 0 Å². The van der Waals surface area contributed by atoms with Crippen LogP contribution in [-0.2, 0) is 6.42 Å². The fourth-order valence-corrected chi connectivity index (χ4v) is 4.08. The summed E-state index contributed by atoms with van der Waals surface area (Å²) in [6.07, 6.45) is 8.94. The summed E-state index contributed by atoms with van der Waals surface area (Å²) >= 11 is 0. The molecule has 1 aliphatic heterocycles. The van der Waals surface area contributed by atoms with Gasteiger partial charge in [0, 0.05) is 31.6 Å². The van der Waals surface area contributed by atoms with Gasteiger partial charge in [0.05, 0.1) is 0 Å². The van der Waals surface area contributed by atoms with Gasteiger partial charge < -0.3 is 10.2 Å². The first-order chi connectivity index (χ1) is 10.2. The van der Waals surface area contributed by atoms with Crippen molar-refractivity contribution in [2.45, 2.75) is 64.8 Å². The fraction of sp³-hybridized carbons (Fsp3) is 0.765. The van der Waals surface area contributed by atoms with E-state index in [9.17, 15) is 0 Å². The van der Waals surface area contributed by atoms with E-state index in [2.05, 4.69) is 29.0 Å². The third-order valence-electron chi connectivity index (χ3n) is 5.16. The number of aryl methyl sites for hydroxylation is 1. The van der Waals surface area contributed by atoms with Crippen molar-refractivity contribution in [1.29, 1.82) is 0 Å². The molecule has 1 aliphatic carbocycles. The van der Waals surface area contributed by atoms with E-state index in [1.807, 2.05) is 7.05 Å². The Morgan fingerprint density at radius 1 is 1.19 bits per heavy atom. The Balaban J connectivity index is 1.94. The van der Waals surface area contributed by atoms with Crippen molar-refractivity contribution in [3.63, 3.8) is 0 Å². The van der Waals surface area contributed by atoms with Crippen molar-refractivity contribution in [1.82, 2.24) is 9.97 Å². The van der Waals surface area contributed by atoms with Crippen LogP contribution >= 0.6 is 0 Å². The zero-order valence-corrected chi connectivity index (χ0v) is 13.7. The molecule has 0 spiro atoms. The lowest BCUT2D eigenvalue weighted by Crippen LogP contribution is -2.36. The predicted octanol–water partition coefficient (Wildman–Crippen LogP) is 3.55. The maximum absolute atomic E-state index is 4.92. The number of fused-ring (bicyclic) bond motifs is 1. The summed E-state index contributed by atoms with van der Waals surface area (Å²) in [5.74, 6) is 4.07. The van der Waals surface area contributed by atoms with Crippen LogP contribution in [0.4, 0.5) is 11.6 Å². The Kier molecular flexibility index (Phi) is 4.32. The van der Waals surface area contributed by atoms with Gasteiger partial charge in [-0.05, 0) is 38.5 Å². The van der Waals surface area contributed by atoms with Gasteiger partial charge in [-0.25, -0.2) is 9.97 Å². The summed E-state index contributed by atoms with van der Waals surface area (Å²) < 4.78 is 0. The zero-order valence-electron chi connectivity index (χ0n) is 13.7. The molecule has 2 fully saturated rings. The van der Waals surface area contributed by atoms with Crippen molar-refractivity contribution >= 4 is 11.6 Å². The number of hydrogen-bond donors (Lipinski definition) is 1. The van der Waals surface area contributed by atoms with Crippen LogP contribution in [0.1, 0.15) is 56.8 Å². The van der Waals surface area contributed by atoms with Crippen molar-refractivity contribution in [2.75, 3.05) is 23.8 Å². The van der Waals surface area contributed by atoms with Gasteiger partial charge in [0.15, 0.2) is 0 Å². The highest BCUT2D eigenvalue weighted by Crippen LogP contribution is 2.39. The predicted molar refractivity (Wildman–Crippen MR) is 88.0 cm³/mol. The molecule has 2 unspecified atom stereocenters. The monoisotopic (exact) mass is 288 g/mol. The molecule has 2 atom stereocenters. The molecule has 2 heterocycles. The highest BCUT2D eigenvalue weighted by Gasteiger charge is 2.37. The summed E-state index contributed by atoms with van der Waals surface area (Å²) in [4.78, 5) is 12.2. The van der Waals surface area contributed by atoms with E-state index in [0.29, 0.717) is 6.04 Å². The van der Waals surface area contributed by atoms with Crippen LogP contribution in [0.25, 0.3) is 0 Å². The maximum Gasteiger partial charge on any atom is 0.137 e. The summed E-state index contributed by atoms with van der Waals surface area (Å²) in [6, 6.07) is 0.714. The van der Waals surface area contributed by atoms with E-state index in [-0.39, 0.29) is 0 Å². The molecule has 1 aromatic heterocycles. The largest absolute Gasteiger partial charge is 0.373 e. The quantitative estimate of drug-likeness (QED) is 0.920. The fourth-order valence-electron chi connectivity index (χ4n) is 4.08. The lowest BCUT2D eigenvalue weighted by molar-refractivity contribution is 0.341. The highest BCUT2D eigenvalue weighted by atomic mass is 15.3. The van der Waals surface area contributed by atoms with Gasteiger partial charge in [0.1, 0.15) is 17.5 Å². The molecular formula is C17H28N4. The Morgan fingerprint density at radius 2 is 2.00 bits per heavy atom. The van der Waals surface area contributed by atoms with Crippen LogP contribution < -0.4 is 10.2 Å². The van der Waals surface area contributed by atoms with Gasteiger partial charge in [-0.3, -0.25) is 0 Å². The number of rotatable bonds is 4. The van der Waals surface area contributed by atoms with E-state index in [0.717, 1.165) is 30.4 Å². The molecule has 0 aromatic carbocycles. The molecule has 1 saturated carbocycles. The standard InChI is InChI=1S/C17H28N4/c1-4-7-15-19-16(18-3)12(2)17(20-15)21-11-10-13-8-5-6-9-14(13)21/h13-14H,4-11H2,1-3H3,(H,18,19,20). The smallest absolute Gasteiger partial charge is 0.137 e. The first-order valence-electron chi connectivity index (χ1n) is 8.56. The molecule has 0 bridgehead atoms. The molecule has 1 N–H and O–H groups in total. The topological polar surface area (TPSA) is 41.1 Å². The van der Waals surface area contributed by atoms with Crippen LogP contribution in [0.3, 0.4) is 0 Å². The second kappa shape index (κ2) is 6.20. The van der Waals surface area contributed by atoms with Gasteiger partial charge in [-0.15, -0.1) is 0 Å². The minimum atomic E-state index is 0.714. The number of anilines is 2. The summed E-state index contributed by atoms with van der Waals surface area (Å²) in [5, 5.41) is 3.25. The first kappa shape index (κ1) is 14.6. The summed E-state index contributed by atoms with van der Waals surface area (Å²) in [6.45, 7) is 5.52. The third kappa shape index (κ3) is 2.72. The molecule has 1 aromatic rings. The van der Waals surface area contributed by atoms with Crippen molar-refractivity contribution in [3.8, 4) is 0 Å². The normalized spacial score (nSPS) is 25.0. The molecule has 116 valence electrons. The van der Waals surface area contributed by atoms with Crippen molar-refractivity contribution in [3.05, 3.63) is 11.4 Å². The van der Waals surface area contributed by atoms with Gasteiger partial charge in [0.25, 0.3) is 0 Å². The summed E-state index contributed by atoms with van der Waals surface area (Å²) in [7, 11) is 1.96. The van der Waals surface area contributed by atoms with Crippen LogP contribution in [-0.4, -0.2) is 29.6 Å². The number of hydrogen-bond acceptors (Lipinski definition) is 4. The van der Waals surface area contributed by atoms with Gasteiger partial charge in [-0.1, -0.05) is 19.8 Å². The van der Waals surface area contributed by atoms with E-state index in [1.54, 1.807) is 0 Å². The van der Waals surface area contributed by atoms with Gasteiger partial charge in [0.2, 0.25) is 0 Å². The zero-order chi connectivity index (χ0) is 14.8. The molecule has 0 radical (unpaired) electrons. The summed E-state index contributed by atoms with van der Waals surface area (Å²) in [5.41, 5.74) is 1.21. The number of nitrogens with zero attached hydrogens (tertiary/aromatic N) is 3. The lowest BCUT2D eigenvalue weighted by atomic mass is 9.85. The van der Waals surface area contributed by atoms with Crippen LogP contribution in [0.5, 0.6) is 0 Å². The average molecular weight is 288 g/mol. The van der Waals surface area contributed by atoms with E-state index < -0.39 is 0 Å². The van der Waals surface area contributed by atoms with Crippen molar-refractivity contribution in [2.24, 2.45) is 5.92 Å². The van der Waals surface area contributed by atoms with Crippen LogP contribution in [0.2, 0.25) is 0 Å². The molecule has 4 nitrogen and oxygen atoms in total. The molecular weight excluding hydrogens is 260 g/mol. The Hall–Kier alpha value is -1.32. The SMILES string of the molecule is CCCc1nc(NC)c(C)c(N2CCC3CCCCC32)n1. The lowest BCUT2D eigenvalue weighted by Gasteiger charge is -2.33. The Bertz CT molecular complexity index is 500. The second-order valence-corrected chi connectivity index (χ2v) is 6.53. The highest BCUT2D eigenvalue weighted by molar-refractivity contribution is 5.59. The maximum atomic E-state index is 4.92. The van der Waals surface area contributed by atoms with Gasteiger partial charge >= 0.3 is 0 Å². The minimum Gasteiger partial charge on any atom is -0.373 e. The number of nitrogens with one attached hydrogen (secondary N) is 1. The average Bonchev–Trinajstić information content (AvgIpc) is 2.93. The molecule has 2 aliphatic rings. The molecule has 1 saturated heterocycles. The first-order valence-corrected chi connectivity index (χ1v) is 8.56. The van der Waals surface area contributed by atoms with Crippen LogP contribution in [0.15, 0.2) is 0 Å². The van der Waals surface area contributed by atoms with Crippen LogP contribution in [0, 0.1) is 12.8 Å². The third-order valence-corrected chi connectivity index (χ3v) is 5.16. The number of aromatic nitrogens is 2. The van der Waals surface area contributed by atoms with Gasteiger partial charge in [-0.2, -0.15) is 0 Å². The minimum absolute atomic E-state index is 0.714. The Labute approximate surface area is 128 Å². The Morgan fingerprint density at radius 3 is 2.76 bits per heavy atom. The molecule has 0 amide bonds. The van der Waals surface area contributed by atoms with E-state index in [4.69, 9.17) is 4.98 Å². The van der Waals surface area contributed by atoms with E-state index in [1.165, 1.54) is 50.0 Å². The second-order valence-electron chi connectivity index (χ2n) is 6.53. The molecule has 4 heteroatoms. The van der Waals surface area contributed by atoms with E-state index >= 15 is 0 Å². The molecule has 21 heavy (non-hydrogen) atoms.